The molecular formula is C77H87F3N18O11. The van der Waals surface area contributed by atoms with Crippen molar-refractivity contribution in [3.05, 3.63) is 223 Å². The zero-order valence-electron chi connectivity index (χ0n) is 58.4. The molecule has 0 unspecified atom stereocenters. The number of carboxylic acid groups (broad SMARTS) is 1. The maximum atomic E-state index is 13.7. The van der Waals surface area contributed by atoms with E-state index in [9.17, 15) is 27.9 Å². The number of aromatic nitrogens is 12. The van der Waals surface area contributed by atoms with E-state index >= 15 is 0 Å². The third kappa shape index (κ3) is 25.7. The highest BCUT2D eigenvalue weighted by Crippen LogP contribution is 2.35. The van der Waals surface area contributed by atoms with Gasteiger partial charge in [-0.25, -0.2) is 57.8 Å². The van der Waals surface area contributed by atoms with Gasteiger partial charge >= 0.3 is 5.97 Å². The van der Waals surface area contributed by atoms with E-state index in [0.29, 0.717) is 121 Å². The van der Waals surface area contributed by atoms with Gasteiger partial charge in [0, 0.05) is 96.1 Å². The Bertz CT molecular complexity index is 4930. The molecule has 0 saturated carbocycles. The van der Waals surface area contributed by atoms with Crippen LogP contribution in [0.1, 0.15) is 66.0 Å². The maximum Gasteiger partial charge on any atom is 0.358 e. The molecule has 32 heteroatoms. The number of aryl methyl sites for hydroxylation is 2. The Balaban J connectivity index is 0.000000309. The smallest absolute Gasteiger partial charge is 0.358 e. The lowest BCUT2D eigenvalue weighted by molar-refractivity contribution is 0.0691. The average molecular weight is 1500 g/mol. The monoisotopic (exact) mass is 1500 g/mol. The third-order valence-corrected chi connectivity index (χ3v) is 14.5. The molecule has 0 aliphatic carbocycles. The summed E-state index contributed by atoms with van der Waals surface area (Å²) >= 11 is 0. The number of hydrogen-bond donors (Lipinski definition) is 6. The number of aliphatic hydroxyl groups is 1. The fourth-order valence-corrected chi connectivity index (χ4v) is 9.29. The van der Waals surface area contributed by atoms with E-state index in [-0.39, 0.29) is 75.8 Å². The zero-order valence-corrected chi connectivity index (χ0v) is 58.4. The SMILES string of the molecule is C.C.C.COCCO.COCCOc1cccnc1C#N.COCCOc1cccnc1CN.COCCOc1cccnc1CNC(=O)c1nc(-c2ccc3ncn(C)c3c2)c(-c2ccc(F)cc2)nc1N.Cn1cnc2ccc(-c3nc(C(=O)O)c(N)nc3-c3ccc(F)cc3)cc21.N#Cc1ncccc1F. The zero-order chi connectivity index (χ0) is 76.3. The highest BCUT2D eigenvalue weighted by molar-refractivity contribution is 5.98. The van der Waals surface area contributed by atoms with Crippen LogP contribution >= 0.6 is 0 Å². The minimum atomic E-state index is -1.27. The molecule has 1 amide bonds. The standard InChI is InChI=1S/C28H26FN7O3.C19H14FN5O2.C9H14N2O2.C9H10N2O2.C6H3FN2.C3H8O2.3CH4/c1-36-16-33-20-10-7-18(14-22(20)36)25-24(17-5-8-19(29)9-6-17)35-27(30)26(34-25)28(37)32-15-21-23(4-3-11-31-21)39-13-12-38-2;1-25-9-22-13-7-4-11(8-14(13)25)16-15(10-2-5-12(20)6-3-10)24-18(21)17(23-16)19(26)27;2*1-12-5-6-13-9-3-2-4-11-8(9)7-10;7-5-2-1-3-9-6(5)4-8;1-5-3-2-4;;;/h3-11,14,16H,12-13,15H2,1-2H3,(H2,30,35)(H,32,37);2-9H,1H3,(H2,21,24)(H,26,27);2-4H,5-7,10H2,1H3;2-4H,5-6H2,1H3;1-3H;4H,2-3H2,1H3;3*1H4. The number of ether oxygens (including phenoxy) is 7. The van der Waals surface area contributed by atoms with Gasteiger partial charge in [0.25, 0.3) is 5.91 Å². The number of carbonyl (C=O) groups excluding carboxylic acids is 1. The Hall–Kier alpha value is -13.0. The number of pyridine rings is 4. The van der Waals surface area contributed by atoms with Crippen molar-refractivity contribution in [2.24, 2.45) is 19.8 Å². The number of halogens is 3. The minimum Gasteiger partial charge on any atom is -0.489 e. The van der Waals surface area contributed by atoms with Crippen LogP contribution < -0.4 is 36.7 Å². The molecular weight excluding hydrogens is 1410 g/mol. The molecule has 0 radical (unpaired) electrons. The molecule has 0 aliphatic rings. The number of benzene rings is 4. The number of nitrogens with one attached hydrogen (secondary N) is 1. The number of hydrogen-bond acceptors (Lipinski definition) is 25. The van der Waals surface area contributed by atoms with E-state index in [2.05, 4.69) is 59.9 Å². The first-order valence-electron chi connectivity index (χ1n) is 32.0. The summed E-state index contributed by atoms with van der Waals surface area (Å²) in [6.07, 6.45) is 9.65. The van der Waals surface area contributed by atoms with E-state index in [1.165, 1.54) is 42.6 Å². The molecule has 572 valence electrons. The highest BCUT2D eigenvalue weighted by atomic mass is 19.1. The van der Waals surface area contributed by atoms with Crippen LogP contribution in [-0.4, -0.2) is 162 Å². The van der Waals surface area contributed by atoms with Gasteiger partial charge in [-0.15, -0.1) is 0 Å². The molecule has 109 heavy (non-hydrogen) atoms. The lowest BCUT2D eigenvalue weighted by Crippen LogP contribution is -2.26. The summed E-state index contributed by atoms with van der Waals surface area (Å²) in [6, 6.07) is 39.4. The van der Waals surface area contributed by atoms with Crippen LogP contribution in [-0.2, 0) is 46.1 Å². The third-order valence-electron chi connectivity index (χ3n) is 14.5. The van der Waals surface area contributed by atoms with Crippen molar-refractivity contribution in [2.45, 2.75) is 35.4 Å². The van der Waals surface area contributed by atoms with Gasteiger partial charge in [0.05, 0.1) is 103 Å². The molecule has 0 saturated heterocycles. The predicted octanol–water partition coefficient (Wildman–Crippen LogP) is 11.1. The number of anilines is 2. The van der Waals surface area contributed by atoms with Crippen LogP contribution in [0, 0.1) is 40.1 Å². The summed E-state index contributed by atoms with van der Waals surface area (Å²) in [5, 5.41) is 36.9. The van der Waals surface area contributed by atoms with Crippen LogP contribution in [0.2, 0.25) is 0 Å². The Morgan fingerprint density at radius 3 is 1.31 bits per heavy atom. The van der Waals surface area contributed by atoms with Crippen LogP contribution in [0.4, 0.5) is 24.8 Å². The molecule has 12 aromatic rings. The fraction of sp³-hybridized carbons (Fsp3) is 0.247. The topological polar surface area (TPSA) is 416 Å². The molecule has 0 atom stereocenters. The van der Waals surface area contributed by atoms with Crippen molar-refractivity contribution >= 4 is 45.6 Å². The van der Waals surface area contributed by atoms with Gasteiger partial charge in [-0.3, -0.25) is 14.8 Å². The summed E-state index contributed by atoms with van der Waals surface area (Å²) < 4.78 is 78.5. The van der Waals surface area contributed by atoms with Crippen LogP contribution in [0.3, 0.4) is 0 Å². The fourth-order valence-electron chi connectivity index (χ4n) is 9.29. The lowest BCUT2D eigenvalue weighted by atomic mass is 10.0. The van der Waals surface area contributed by atoms with Gasteiger partial charge in [0.2, 0.25) is 0 Å². The minimum absolute atomic E-state index is 0. The maximum absolute atomic E-state index is 13.7. The number of rotatable bonds is 23. The lowest BCUT2D eigenvalue weighted by Gasteiger charge is -2.14. The number of fused-ring (bicyclic) bond motifs is 2. The normalized spacial score (nSPS) is 10.1. The number of aliphatic hydroxyl groups excluding tert-OH is 1. The summed E-state index contributed by atoms with van der Waals surface area (Å²) in [7, 11) is 10.1. The number of carbonyl (C=O) groups is 2. The number of nitrogens with zero attached hydrogens (tertiary/aromatic N) is 14. The Labute approximate surface area is 628 Å². The number of methoxy groups -OCH3 is 4. The molecule has 12 rings (SSSR count). The summed E-state index contributed by atoms with van der Waals surface area (Å²) in [4.78, 5) is 66.8. The van der Waals surface area contributed by atoms with Crippen molar-refractivity contribution in [1.82, 2.24) is 64.3 Å². The highest BCUT2D eigenvalue weighted by Gasteiger charge is 2.23. The second-order valence-corrected chi connectivity index (χ2v) is 21.7. The summed E-state index contributed by atoms with van der Waals surface area (Å²) in [5.74, 6) is -1.62. The molecule has 8 aromatic heterocycles. The second kappa shape index (κ2) is 46.1. The number of nitrogens with two attached hydrogens (primary N) is 3. The van der Waals surface area contributed by atoms with Crippen molar-refractivity contribution < 1.29 is 66.1 Å². The van der Waals surface area contributed by atoms with E-state index in [1.54, 1.807) is 120 Å². The van der Waals surface area contributed by atoms with Crippen LogP contribution in [0.25, 0.3) is 67.1 Å². The second-order valence-electron chi connectivity index (χ2n) is 21.7. The number of carboxylic acids is 1. The summed E-state index contributed by atoms with van der Waals surface area (Å²) in [5.41, 5.74) is 26.0. The first-order chi connectivity index (χ1) is 51.4. The van der Waals surface area contributed by atoms with Gasteiger partial charge in [-0.2, -0.15) is 10.5 Å². The quantitative estimate of drug-likeness (QED) is 0.0324. The van der Waals surface area contributed by atoms with Gasteiger partial charge in [-0.1, -0.05) is 34.4 Å². The van der Waals surface area contributed by atoms with Crippen molar-refractivity contribution in [1.29, 1.82) is 10.5 Å². The van der Waals surface area contributed by atoms with Crippen molar-refractivity contribution in [2.75, 3.05) is 92.8 Å². The number of nitriles is 2. The van der Waals surface area contributed by atoms with Crippen LogP contribution in [0.5, 0.6) is 17.2 Å². The Morgan fingerprint density at radius 1 is 0.495 bits per heavy atom. The molecule has 8 heterocycles. The number of aromatic carboxylic acids is 1. The van der Waals surface area contributed by atoms with Gasteiger partial charge < -0.3 is 75.0 Å². The van der Waals surface area contributed by atoms with Crippen LogP contribution in [0.15, 0.2) is 171 Å². The summed E-state index contributed by atoms with van der Waals surface area (Å²) in [6.45, 7) is 3.82. The molecule has 0 bridgehead atoms. The van der Waals surface area contributed by atoms with E-state index < -0.39 is 17.7 Å². The molecule has 4 aromatic carbocycles. The first-order valence-corrected chi connectivity index (χ1v) is 32.0. The molecule has 0 aliphatic heterocycles. The van der Waals surface area contributed by atoms with E-state index in [1.807, 2.05) is 71.8 Å². The van der Waals surface area contributed by atoms with Crippen molar-refractivity contribution in [3.8, 4) is 74.4 Å². The van der Waals surface area contributed by atoms with Gasteiger partial charge in [0.15, 0.2) is 46.0 Å². The Morgan fingerprint density at radius 2 is 0.890 bits per heavy atom. The molecule has 9 N–H and O–H groups in total. The predicted molar refractivity (Wildman–Crippen MR) is 407 cm³/mol. The van der Waals surface area contributed by atoms with E-state index in [0.717, 1.165) is 33.5 Å². The molecule has 29 nitrogen and oxygen atoms in total. The van der Waals surface area contributed by atoms with Crippen molar-refractivity contribution in [3.63, 3.8) is 0 Å². The van der Waals surface area contributed by atoms with Gasteiger partial charge in [-0.05, 0) is 121 Å². The van der Waals surface area contributed by atoms with Gasteiger partial charge in [0.1, 0.15) is 60.8 Å². The Kier molecular flexibility index (Phi) is 37.4. The molecule has 0 spiro atoms. The number of amides is 1. The number of imidazole rings is 2. The van der Waals surface area contributed by atoms with E-state index in [4.69, 9.17) is 61.3 Å². The largest absolute Gasteiger partial charge is 0.489 e. The first kappa shape index (κ1) is 88.4. The average Bonchev–Trinajstić information content (AvgIpc) is 1.74. The molecule has 0 fully saturated rings. The number of nitrogen functional groups attached to an aromatic ring is 2.